The maximum Gasteiger partial charge on any atom is 0.326 e. The SMILES string of the molecule is CCCn1cccc1C(=O)N[C@H](Cc1cnc[nH]1)C(=O)O. The summed E-state index contributed by atoms with van der Waals surface area (Å²) < 4.78 is 1.81. The Balaban J connectivity index is 2.07. The Kier molecular flexibility index (Phi) is 4.76. The molecule has 2 aromatic heterocycles. The highest BCUT2D eigenvalue weighted by molar-refractivity contribution is 5.95. The molecule has 0 bridgehead atoms. The first-order valence-corrected chi connectivity index (χ1v) is 6.78. The molecule has 0 aliphatic carbocycles. The van der Waals surface area contributed by atoms with Crippen molar-refractivity contribution in [2.24, 2.45) is 0 Å². The average molecular weight is 290 g/mol. The first-order valence-electron chi connectivity index (χ1n) is 6.78. The maximum atomic E-state index is 12.2. The molecule has 0 spiro atoms. The third kappa shape index (κ3) is 3.71. The van der Waals surface area contributed by atoms with E-state index in [9.17, 15) is 14.7 Å². The van der Waals surface area contributed by atoms with Crippen molar-refractivity contribution in [2.75, 3.05) is 0 Å². The summed E-state index contributed by atoms with van der Waals surface area (Å²) in [5.41, 5.74) is 1.12. The molecule has 0 aliphatic rings. The third-order valence-corrected chi connectivity index (χ3v) is 3.11. The first-order chi connectivity index (χ1) is 10.1. The molecule has 0 saturated heterocycles. The number of imidazole rings is 1. The van der Waals surface area contributed by atoms with Crippen LogP contribution >= 0.6 is 0 Å². The highest BCUT2D eigenvalue weighted by Crippen LogP contribution is 2.06. The Hall–Kier alpha value is -2.57. The summed E-state index contributed by atoms with van der Waals surface area (Å²) in [6.07, 6.45) is 5.88. The highest BCUT2D eigenvalue weighted by Gasteiger charge is 2.22. The number of amides is 1. The summed E-state index contributed by atoms with van der Waals surface area (Å²) in [7, 11) is 0. The van der Waals surface area contributed by atoms with E-state index in [-0.39, 0.29) is 12.3 Å². The number of carbonyl (C=O) groups excluding carboxylic acids is 1. The second-order valence-corrected chi connectivity index (χ2v) is 4.73. The Morgan fingerprint density at radius 3 is 2.95 bits per heavy atom. The van der Waals surface area contributed by atoms with Crippen LogP contribution in [-0.2, 0) is 17.8 Å². The summed E-state index contributed by atoms with van der Waals surface area (Å²) in [5.74, 6) is -1.47. The Morgan fingerprint density at radius 1 is 1.52 bits per heavy atom. The Morgan fingerprint density at radius 2 is 2.33 bits per heavy atom. The van der Waals surface area contributed by atoms with Crippen LogP contribution in [0.2, 0.25) is 0 Å². The predicted molar refractivity (Wildman–Crippen MR) is 75.9 cm³/mol. The number of aliphatic carboxylic acids is 1. The van der Waals surface area contributed by atoms with Gasteiger partial charge >= 0.3 is 5.97 Å². The van der Waals surface area contributed by atoms with Crippen LogP contribution in [0.3, 0.4) is 0 Å². The van der Waals surface area contributed by atoms with Gasteiger partial charge in [0.1, 0.15) is 11.7 Å². The lowest BCUT2D eigenvalue weighted by molar-refractivity contribution is -0.139. The van der Waals surface area contributed by atoms with Crippen LogP contribution in [0, 0.1) is 0 Å². The fraction of sp³-hybridized carbons (Fsp3) is 0.357. The summed E-state index contributed by atoms with van der Waals surface area (Å²) in [6, 6.07) is 2.46. The van der Waals surface area contributed by atoms with E-state index in [0.717, 1.165) is 6.42 Å². The lowest BCUT2D eigenvalue weighted by Gasteiger charge is -2.14. The van der Waals surface area contributed by atoms with Gasteiger partial charge in [-0.3, -0.25) is 4.79 Å². The normalized spacial score (nSPS) is 12.0. The summed E-state index contributed by atoms with van der Waals surface area (Å²) >= 11 is 0. The lowest BCUT2D eigenvalue weighted by Crippen LogP contribution is -2.43. The zero-order valence-electron chi connectivity index (χ0n) is 11.7. The van der Waals surface area contributed by atoms with Crippen molar-refractivity contribution in [1.29, 1.82) is 0 Å². The molecule has 1 atom stereocenters. The number of aromatic nitrogens is 3. The molecule has 0 radical (unpaired) electrons. The second kappa shape index (κ2) is 6.74. The molecule has 0 unspecified atom stereocenters. The van der Waals surface area contributed by atoms with Crippen LogP contribution < -0.4 is 5.32 Å². The van der Waals surface area contributed by atoms with Gasteiger partial charge in [-0.2, -0.15) is 0 Å². The second-order valence-electron chi connectivity index (χ2n) is 4.73. The molecule has 0 aliphatic heterocycles. The minimum absolute atomic E-state index is 0.162. The third-order valence-electron chi connectivity index (χ3n) is 3.11. The molecule has 0 aromatic carbocycles. The number of carbonyl (C=O) groups is 2. The van der Waals surface area contributed by atoms with E-state index in [1.807, 2.05) is 17.7 Å². The molecule has 0 saturated carbocycles. The van der Waals surface area contributed by atoms with Gasteiger partial charge in [0, 0.05) is 31.1 Å². The number of nitrogens with zero attached hydrogens (tertiary/aromatic N) is 2. The largest absolute Gasteiger partial charge is 0.480 e. The Bertz CT molecular complexity index is 604. The molecular formula is C14H18N4O3. The summed E-state index contributed by atoms with van der Waals surface area (Å²) in [6.45, 7) is 2.73. The fourth-order valence-corrected chi connectivity index (χ4v) is 2.10. The standard InChI is InChI=1S/C14H18N4O3/c1-2-5-18-6-3-4-12(18)13(19)17-11(14(20)21)7-10-8-15-9-16-10/h3-4,6,8-9,11H,2,5,7H2,1H3,(H,15,16)(H,17,19)(H,20,21)/t11-/m1/s1. The summed E-state index contributed by atoms with van der Waals surface area (Å²) in [4.78, 5) is 30.2. The van der Waals surface area contributed by atoms with E-state index >= 15 is 0 Å². The molecule has 7 nitrogen and oxygen atoms in total. The monoisotopic (exact) mass is 290 g/mol. The van der Waals surface area contributed by atoms with Gasteiger partial charge in [0.25, 0.3) is 5.91 Å². The number of nitrogens with one attached hydrogen (secondary N) is 2. The van der Waals surface area contributed by atoms with E-state index in [1.54, 1.807) is 18.3 Å². The minimum atomic E-state index is -1.08. The van der Waals surface area contributed by atoms with Crippen LogP contribution in [0.15, 0.2) is 30.9 Å². The van der Waals surface area contributed by atoms with Crippen molar-refractivity contribution in [3.63, 3.8) is 0 Å². The molecule has 112 valence electrons. The van der Waals surface area contributed by atoms with Crippen molar-refractivity contribution in [2.45, 2.75) is 32.4 Å². The van der Waals surface area contributed by atoms with Gasteiger partial charge < -0.3 is 20.0 Å². The summed E-state index contributed by atoms with van der Waals surface area (Å²) in [5, 5.41) is 11.8. The molecular weight excluding hydrogens is 272 g/mol. The van der Waals surface area contributed by atoms with Gasteiger partial charge in [0.15, 0.2) is 0 Å². The zero-order valence-corrected chi connectivity index (χ0v) is 11.7. The van der Waals surface area contributed by atoms with Crippen molar-refractivity contribution in [3.8, 4) is 0 Å². The maximum absolute atomic E-state index is 12.2. The average Bonchev–Trinajstić information content (AvgIpc) is 3.09. The highest BCUT2D eigenvalue weighted by atomic mass is 16.4. The van der Waals surface area contributed by atoms with Gasteiger partial charge in [-0.05, 0) is 18.6 Å². The zero-order chi connectivity index (χ0) is 15.2. The van der Waals surface area contributed by atoms with Gasteiger partial charge in [0.2, 0.25) is 0 Å². The number of carboxylic acids is 1. The predicted octanol–water partition coefficient (Wildman–Crippen LogP) is 1.05. The van der Waals surface area contributed by atoms with Crippen molar-refractivity contribution >= 4 is 11.9 Å². The molecule has 21 heavy (non-hydrogen) atoms. The first kappa shape index (κ1) is 14.8. The quantitative estimate of drug-likeness (QED) is 0.709. The fourth-order valence-electron chi connectivity index (χ4n) is 2.10. The van der Waals surface area contributed by atoms with Crippen LogP contribution in [0.1, 0.15) is 29.5 Å². The number of hydrogen-bond acceptors (Lipinski definition) is 3. The van der Waals surface area contributed by atoms with Gasteiger partial charge in [0.05, 0.1) is 6.33 Å². The smallest absolute Gasteiger partial charge is 0.326 e. The van der Waals surface area contributed by atoms with E-state index < -0.39 is 12.0 Å². The van der Waals surface area contributed by atoms with Crippen LogP contribution in [-0.4, -0.2) is 37.6 Å². The van der Waals surface area contributed by atoms with Crippen molar-refractivity contribution in [3.05, 3.63) is 42.2 Å². The van der Waals surface area contributed by atoms with E-state index in [0.29, 0.717) is 17.9 Å². The van der Waals surface area contributed by atoms with Gasteiger partial charge in [-0.15, -0.1) is 0 Å². The van der Waals surface area contributed by atoms with E-state index in [4.69, 9.17) is 0 Å². The van der Waals surface area contributed by atoms with E-state index in [2.05, 4.69) is 15.3 Å². The van der Waals surface area contributed by atoms with Crippen molar-refractivity contribution < 1.29 is 14.7 Å². The number of carboxylic acid groups (broad SMARTS) is 1. The van der Waals surface area contributed by atoms with Crippen LogP contribution in [0.5, 0.6) is 0 Å². The number of aromatic amines is 1. The number of hydrogen-bond donors (Lipinski definition) is 3. The van der Waals surface area contributed by atoms with Crippen LogP contribution in [0.4, 0.5) is 0 Å². The lowest BCUT2D eigenvalue weighted by atomic mass is 10.1. The Labute approximate surface area is 122 Å². The molecule has 1 amide bonds. The molecule has 2 heterocycles. The molecule has 0 fully saturated rings. The molecule has 3 N–H and O–H groups in total. The number of rotatable bonds is 7. The molecule has 2 aromatic rings. The van der Waals surface area contributed by atoms with Gasteiger partial charge in [-0.25, -0.2) is 9.78 Å². The number of aryl methyl sites for hydroxylation is 1. The molecule has 2 rings (SSSR count). The van der Waals surface area contributed by atoms with Crippen molar-refractivity contribution in [1.82, 2.24) is 19.9 Å². The minimum Gasteiger partial charge on any atom is -0.480 e. The van der Waals surface area contributed by atoms with E-state index in [1.165, 1.54) is 6.33 Å². The topological polar surface area (TPSA) is 100 Å². The van der Waals surface area contributed by atoms with Gasteiger partial charge in [-0.1, -0.05) is 6.92 Å². The number of H-pyrrole nitrogens is 1. The molecule has 7 heteroatoms. The van der Waals surface area contributed by atoms with Crippen LogP contribution in [0.25, 0.3) is 0 Å².